The van der Waals surface area contributed by atoms with Crippen molar-refractivity contribution in [3.8, 4) is 11.5 Å². The van der Waals surface area contributed by atoms with Gasteiger partial charge < -0.3 is 8.92 Å². The summed E-state index contributed by atoms with van der Waals surface area (Å²) < 4.78 is 36.3. The van der Waals surface area contributed by atoms with E-state index in [4.69, 9.17) is 8.92 Å². The van der Waals surface area contributed by atoms with Crippen molar-refractivity contribution in [2.45, 2.75) is 44.8 Å². The molecule has 1 saturated heterocycles. The summed E-state index contributed by atoms with van der Waals surface area (Å²) in [5, 5.41) is 0. The van der Waals surface area contributed by atoms with Crippen LogP contribution in [0.5, 0.6) is 11.5 Å². The molecule has 0 saturated carbocycles. The number of fused-ring (bicyclic) bond motifs is 1. The lowest BCUT2D eigenvalue weighted by Crippen LogP contribution is -2.43. The summed E-state index contributed by atoms with van der Waals surface area (Å²) in [6.07, 6.45) is 4.70. The molecule has 2 aliphatic rings. The molecule has 1 aromatic rings. The number of ether oxygens (including phenoxy) is 1. The van der Waals surface area contributed by atoms with E-state index in [0.29, 0.717) is 5.75 Å². The SMILES string of the molecule is CCC1c2cc(OS(=O)(=O)N(C)C)ccc2OC1N1CCCCC1. The average Bonchev–Trinajstić information content (AvgIpc) is 2.93. The molecular formula is C17H26N2O4S. The first-order valence-electron chi connectivity index (χ1n) is 8.59. The third kappa shape index (κ3) is 3.38. The van der Waals surface area contributed by atoms with Gasteiger partial charge in [-0.1, -0.05) is 13.3 Å². The molecule has 1 aromatic carbocycles. The standard InChI is InChI=1S/C17H26N2O4S/c1-4-14-15-12-13(23-24(20,21)18(2)3)8-9-16(15)22-17(14)19-10-6-5-7-11-19/h8-9,12,14,17H,4-7,10-11H2,1-3H3. The van der Waals surface area contributed by atoms with Gasteiger partial charge in [-0.2, -0.15) is 12.7 Å². The van der Waals surface area contributed by atoms with Crippen LogP contribution in [0.25, 0.3) is 0 Å². The molecule has 0 bridgehead atoms. The van der Waals surface area contributed by atoms with Crippen molar-refractivity contribution in [1.29, 1.82) is 0 Å². The second-order valence-corrected chi connectivity index (χ2v) is 8.40. The second-order valence-electron chi connectivity index (χ2n) is 6.64. The summed E-state index contributed by atoms with van der Waals surface area (Å²) in [5.74, 6) is 1.42. The first kappa shape index (κ1) is 17.5. The van der Waals surface area contributed by atoms with E-state index >= 15 is 0 Å². The Morgan fingerprint density at radius 2 is 1.96 bits per heavy atom. The number of piperidine rings is 1. The second kappa shape index (κ2) is 6.90. The van der Waals surface area contributed by atoms with E-state index in [-0.39, 0.29) is 12.1 Å². The third-order valence-corrected chi connectivity index (χ3v) is 6.11. The van der Waals surface area contributed by atoms with Crippen LogP contribution in [0.4, 0.5) is 0 Å². The van der Waals surface area contributed by atoms with Gasteiger partial charge >= 0.3 is 10.3 Å². The largest absolute Gasteiger partial charge is 0.474 e. The van der Waals surface area contributed by atoms with Crippen LogP contribution in [0.2, 0.25) is 0 Å². The van der Waals surface area contributed by atoms with Crippen molar-refractivity contribution < 1.29 is 17.3 Å². The van der Waals surface area contributed by atoms with Gasteiger partial charge in [0.05, 0.1) is 0 Å². The summed E-state index contributed by atoms with van der Waals surface area (Å²) in [4.78, 5) is 2.41. The summed E-state index contributed by atoms with van der Waals surface area (Å²) in [6.45, 7) is 4.27. The van der Waals surface area contributed by atoms with Crippen molar-refractivity contribution in [2.75, 3.05) is 27.2 Å². The molecule has 1 fully saturated rings. The Balaban J connectivity index is 1.83. The monoisotopic (exact) mass is 354 g/mol. The van der Waals surface area contributed by atoms with Crippen molar-refractivity contribution in [1.82, 2.24) is 9.21 Å². The lowest BCUT2D eigenvalue weighted by atomic mass is 9.94. The zero-order chi connectivity index (χ0) is 17.3. The molecule has 0 spiro atoms. The molecule has 2 heterocycles. The molecule has 0 aromatic heterocycles. The maximum Gasteiger partial charge on any atom is 0.384 e. The molecule has 6 nitrogen and oxygen atoms in total. The van der Waals surface area contributed by atoms with E-state index < -0.39 is 10.3 Å². The number of rotatable bonds is 5. The van der Waals surface area contributed by atoms with Crippen LogP contribution in [0.15, 0.2) is 18.2 Å². The van der Waals surface area contributed by atoms with Gasteiger partial charge in [0.1, 0.15) is 11.5 Å². The Morgan fingerprint density at radius 3 is 2.58 bits per heavy atom. The minimum absolute atomic E-state index is 0.0472. The van der Waals surface area contributed by atoms with Crippen LogP contribution in [0.1, 0.15) is 44.1 Å². The van der Waals surface area contributed by atoms with E-state index in [1.165, 1.54) is 33.4 Å². The van der Waals surface area contributed by atoms with Crippen LogP contribution in [-0.4, -0.2) is 51.0 Å². The lowest BCUT2D eigenvalue weighted by molar-refractivity contribution is 0.0104. The molecule has 0 amide bonds. The third-order valence-electron chi connectivity index (χ3n) is 4.81. The fourth-order valence-electron chi connectivity index (χ4n) is 3.46. The zero-order valence-corrected chi connectivity index (χ0v) is 15.4. The van der Waals surface area contributed by atoms with Gasteiger partial charge in [0.15, 0.2) is 6.23 Å². The van der Waals surface area contributed by atoms with Crippen LogP contribution in [0, 0.1) is 0 Å². The average molecular weight is 354 g/mol. The number of hydrogen-bond donors (Lipinski definition) is 0. The molecular weight excluding hydrogens is 328 g/mol. The first-order valence-corrected chi connectivity index (χ1v) is 9.95. The molecule has 0 aliphatic carbocycles. The minimum Gasteiger partial charge on any atom is -0.474 e. The van der Waals surface area contributed by atoms with Gasteiger partial charge in [0.2, 0.25) is 0 Å². The van der Waals surface area contributed by atoms with Gasteiger partial charge in [-0.3, -0.25) is 4.90 Å². The Labute approximate surface area is 144 Å². The summed E-state index contributed by atoms with van der Waals surface area (Å²) in [7, 11) is -0.842. The minimum atomic E-state index is -3.74. The smallest absolute Gasteiger partial charge is 0.384 e. The normalized spacial score (nSPS) is 24.7. The van der Waals surface area contributed by atoms with E-state index in [9.17, 15) is 8.42 Å². The highest BCUT2D eigenvalue weighted by atomic mass is 32.2. The highest BCUT2D eigenvalue weighted by molar-refractivity contribution is 7.84. The molecule has 3 rings (SSSR count). The molecule has 0 N–H and O–H groups in total. The van der Waals surface area contributed by atoms with Crippen molar-refractivity contribution in [3.63, 3.8) is 0 Å². The predicted octanol–water partition coefficient (Wildman–Crippen LogP) is 2.57. The van der Waals surface area contributed by atoms with Crippen LogP contribution in [0.3, 0.4) is 0 Å². The van der Waals surface area contributed by atoms with Crippen molar-refractivity contribution in [2.24, 2.45) is 0 Å². The number of likely N-dealkylation sites (tertiary alicyclic amines) is 1. The van der Waals surface area contributed by atoms with Gasteiger partial charge in [-0.15, -0.1) is 0 Å². The van der Waals surface area contributed by atoms with Gasteiger partial charge in [0, 0.05) is 38.7 Å². The molecule has 7 heteroatoms. The van der Waals surface area contributed by atoms with Crippen molar-refractivity contribution >= 4 is 10.3 Å². The van der Waals surface area contributed by atoms with Gasteiger partial charge in [0.25, 0.3) is 0 Å². The van der Waals surface area contributed by atoms with Crippen LogP contribution in [-0.2, 0) is 10.3 Å². The topological polar surface area (TPSA) is 59.1 Å². The molecule has 134 valence electrons. The first-order chi connectivity index (χ1) is 11.4. The molecule has 24 heavy (non-hydrogen) atoms. The Bertz CT molecular complexity index is 684. The summed E-state index contributed by atoms with van der Waals surface area (Å²) in [6, 6.07) is 5.29. The van der Waals surface area contributed by atoms with E-state index in [2.05, 4.69) is 11.8 Å². The lowest BCUT2D eigenvalue weighted by Gasteiger charge is -2.34. The molecule has 2 aliphatic heterocycles. The number of benzene rings is 1. The molecule has 2 atom stereocenters. The molecule has 2 unspecified atom stereocenters. The Kier molecular flexibility index (Phi) is 5.03. The predicted molar refractivity (Wildman–Crippen MR) is 92.5 cm³/mol. The maximum atomic E-state index is 11.9. The van der Waals surface area contributed by atoms with Crippen LogP contribution < -0.4 is 8.92 Å². The van der Waals surface area contributed by atoms with E-state index in [1.54, 1.807) is 6.07 Å². The van der Waals surface area contributed by atoms with E-state index in [1.807, 2.05) is 12.1 Å². The summed E-state index contributed by atoms with van der Waals surface area (Å²) >= 11 is 0. The van der Waals surface area contributed by atoms with Gasteiger partial charge in [-0.05, 0) is 37.5 Å². The Hall–Kier alpha value is -1.31. The Morgan fingerprint density at radius 1 is 1.25 bits per heavy atom. The fraction of sp³-hybridized carbons (Fsp3) is 0.647. The number of hydrogen-bond acceptors (Lipinski definition) is 5. The quantitative estimate of drug-likeness (QED) is 0.813. The highest BCUT2D eigenvalue weighted by Gasteiger charge is 2.38. The maximum absolute atomic E-state index is 11.9. The fourth-order valence-corrected chi connectivity index (χ4v) is 3.96. The van der Waals surface area contributed by atoms with Crippen LogP contribution >= 0.6 is 0 Å². The van der Waals surface area contributed by atoms with Crippen molar-refractivity contribution in [3.05, 3.63) is 23.8 Å². The highest BCUT2D eigenvalue weighted by Crippen LogP contribution is 2.43. The van der Waals surface area contributed by atoms with E-state index in [0.717, 1.165) is 35.1 Å². The number of nitrogens with zero attached hydrogens (tertiary/aromatic N) is 2. The summed E-state index contributed by atoms with van der Waals surface area (Å²) in [5.41, 5.74) is 1.04. The van der Waals surface area contributed by atoms with Gasteiger partial charge in [-0.25, -0.2) is 0 Å². The zero-order valence-electron chi connectivity index (χ0n) is 14.6. The molecule has 0 radical (unpaired) electrons.